The Balaban J connectivity index is 1.59. The van der Waals surface area contributed by atoms with E-state index in [9.17, 15) is 9.59 Å². The second-order valence-corrected chi connectivity index (χ2v) is 7.51. The monoisotopic (exact) mass is 363 g/mol. The van der Waals surface area contributed by atoms with Crippen molar-refractivity contribution < 1.29 is 14.4 Å². The number of nitrogens with zero attached hydrogens (tertiary/aromatic N) is 2. The molecule has 0 aliphatic carbocycles. The zero-order valence-corrected chi connectivity index (χ0v) is 15.2. The van der Waals surface area contributed by atoms with Crippen molar-refractivity contribution >= 4 is 29.1 Å². The fraction of sp³-hybridized carbons (Fsp3) is 0.500. The van der Waals surface area contributed by atoms with Crippen molar-refractivity contribution in [3.8, 4) is 0 Å². The van der Waals surface area contributed by atoms with Gasteiger partial charge in [-0.05, 0) is 30.2 Å². The third-order valence-corrected chi connectivity index (χ3v) is 4.72. The van der Waals surface area contributed by atoms with Gasteiger partial charge in [0.1, 0.15) is 5.71 Å². The molecular weight excluding hydrogens is 342 g/mol. The zero-order chi connectivity index (χ0) is 18.0. The summed E-state index contributed by atoms with van der Waals surface area (Å²) in [6.07, 6.45) is 1.10. The number of rotatable bonds is 4. The van der Waals surface area contributed by atoms with Gasteiger partial charge >= 0.3 is 0 Å². The zero-order valence-electron chi connectivity index (χ0n) is 14.4. The van der Waals surface area contributed by atoms with Crippen molar-refractivity contribution in [1.82, 2.24) is 10.2 Å². The first kappa shape index (κ1) is 17.7. The highest BCUT2D eigenvalue weighted by Gasteiger charge is 2.47. The molecule has 3 rings (SSSR count). The lowest BCUT2D eigenvalue weighted by Gasteiger charge is -2.21. The van der Waals surface area contributed by atoms with E-state index in [1.165, 1.54) is 0 Å². The molecule has 1 aromatic carbocycles. The third kappa shape index (κ3) is 3.95. The molecule has 0 bridgehead atoms. The molecule has 1 aromatic rings. The van der Waals surface area contributed by atoms with Crippen molar-refractivity contribution in [2.45, 2.75) is 32.3 Å². The van der Waals surface area contributed by atoms with Gasteiger partial charge in [-0.3, -0.25) is 9.59 Å². The lowest BCUT2D eigenvalue weighted by Crippen LogP contribution is -2.39. The van der Waals surface area contributed by atoms with E-state index in [2.05, 4.69) is 10.5 Å². The summed E-state index contributed by atoms with van der Waals surface area (Å²) in [5.74, 6) is 0.128. The molecule has 6 nitrogen and oxygen atoms in total. The highest BCUT2D eigenvalue weighted by Crippen LogP contribution is 2.34. The summed E-state index contributed by atoms with van der Waals surface area (Å²) in [5, 5.41) is 7.43. The minimum Gasteiger partial charge on any atom is -0.386 e. The number of hydrogen-bond donors (Lipinski definition) is 1. The maximum Gasteiger partial charge on any atom is 0.269 e. The van der Waals surface area contributed by atoms with Gasteiger partial charge < -0.3 is 15.1 Å². The molecule has 0 radical (unpaired) electrons. The number of halogens is 1. The molecule has 1 spiro atoms. The largest absolute Gasteiger partial charge is 0.386 e. The Labute approximate surface area is 152 Å². The smallest absolute Gasteiger partial charge is 0.269 e. The maximum atomic E-state index is 12.6. The normalized spacial score (nSPS) is 22.2. The SMILES string of the molecule is CC(C)CNC(=O)C1=NO[C@@]2(CCN(C(=O)c3ccc(Cl)cc3)C2)C1. The van der Waals surface area contributed by atoms with Crippen molar-refractivity contribution in [1.29, 1.82) is 0 Å². The summed E-state index contributed by atoms with van der Waals surface area (Å²) < 4.78 is 0. The van der Waals surface area contributed by atoms with E-state index in [0.29, 0.717) is 54.7 Å². The van der Waals surface area contributed by atoms with Crippen molar-refractivity contribution in [3.05, 3.63) is 34.9 Å². The van der Waals surface area contributed by atoms with E-state index >= 15 is 0 Å². The molecule has 0 aromatic heterocycles. The summed E-state index contributed by atoms with van der Waals surface area (Å²) in [6, 6.07) is 6.83. The number of nitrogens with one attached hydrogen (secondary N) is 1. The molecule has 0 saturated carbocycles. The number of likely N-dealkylation sites (tertiary alicyclic amines) is 1. The molecular formula is C18H22ClN3O3. The van der Waals surface area contributed by atoms with Crippen LogP contribution in [0, 0.1) is 5.92 Å². The third-order valence-electron chi connectivity index (χ3n) is 4.47. The van der Waals surface area contributed by atoms with E-state index in [1.54, 1.807) is 29.2 Å². The van der Waals surface area contributed by atoms with Gasteiger partial charge in [0.25, 0.3) is 11.8 Å². The Kier molecular flexibility index (Phi) is 4.99. The van der Waals surface area contributed by atoms with Crippen LogP contribution in [-0.4, -0.2) is 47.7 Å². The van der Waals surface area contributed by atoms with Crippen molar-refractivity contribution in [2.75, 3.05) is 19.6 Å². The average Bonchev–Trinajstić information content (AvgIpc) is 3.20. The fourth-order valence-electron chi connectivity index (χ4n) is 3.05. The molecule has 2 aliphatic rings. The van der Waals surface area contributed by atoms with Crippen LogP contribution in [0.4, 0.5) is 0 Å². The lowest BCUT2D eigenvalue weighted by molar-refractivity contribution is -0.115. The van der Waals surface area contributed by atoms with Gasteiger partial charge in [-0.1, -0.05) is 30.6 Å². The van der Waals surface area contributed by atoms with Gasteiger partial charge in [-0.2, -0.15) is 0 Å². The van der Waals surface area contributed by atoms with Crippen LogP contribution in [0.2, 0.25) is 5.02 Å². The van der Waals surface area contributed by atoms with E-state index in [0.717, 1.165) is 0 Å². The molecule has 1 N–H and O–H groups in total. The summed E-state index contributed by atoms with van der Waals surface area (Å²) in [7, 11) is 0. The number of benzene rings is 1. The van der Waals surface area contributed by atoms with Gasteiger partial charge in [0.2, 0.25) is 0 Å². The second-order valence-electron chi connectivity index (χ2n) is 7.08. The number of hydrogen-bond acceptors (Lipinski definition) is 4. The standard InChI is InChI=1S/C18H22ClN3O3/c1-12(2)10-20-16(23)15-9-18(25-21-15)7-8-22(11-18)17(24)13-3-5-14(19)6-4-13/h3-6,12H,7-11H2,1-2H3,(H,20,23)/t18-/m0/s1. The van der Waals surface area contributed by atoms with Crippen LogP contribution in [0.15, 0.2) is 29.4 Å². The number of carbonyl (C=O) groups is 2. The lowest BCUT2D eigenvalue weighted by atomic mass is 9.96. The van der Waals surface area contributed by atoms with E-state index in [1.807, 2.05) is 13.8 Å². The Morgan fingerprint density at radius 2 is 2.08 bits per heavy atom. The predicted octanol–water partition coefficient (Wildman–Crippen LogP) is 2.47. The topological polar surface area (TPSA) is 71.0 Å². The van der Waals surface area contributed by atoms with Crippen LogP contribution in [0.1, 0.15) is 37.0 Å². The predicted molar refractivity (Wildman–Crippen MR) is 95.7 cm³/mol. The highest BCUT2D eigenvalue weighted by molar-refractivity contribution is 6.39. The van der Waals surface area contributed by atoms with Crippen LogP contribution >= 0.6 is 11.6 Å². The van der Waals surface area contributed by atoms with Crippen molar-refractivity contribution in [3.63, 3.8) is 0 Å². The van der Waals surface area contributed by atoms with Gasteiger partial charge in [0, 0.05) is 36.5 Å². The molecule has 1 atom stereocenters. The van der Waals surface area contributed by atoms with Crippen LogP contribution < -0.4 is 5.32 Å². The first-order valence-corrected chi connectivity index (χ1v) is 8.84. The first-order chi connectivity index (χ1) is 11.9. The molecule has 2 aliphatic heterocycles. The van der Waals surface area contributed by atoms with Crippen molar-refractivity contribution in [2.24, 2.45) is 11.1 Å². The van der Waals surface area contributed by atoms with Crippen LogP contribution in [0.25, 0.3) is 0 Å². The molecule has 7 heteroatoms. The van der Waals surface area contributed by atoms with E-state index < -0.39 is 5.60 Å². The summed E-state index contributed by atoms with van der Waals surface area (Å²) >= 11 is 5.87. The Bertz CT molecular complexity index is 702. The Hall–Kier alpha value is -2.08. The van der Waals surface area contributed by atoms with Crippen LogP contribution in [0.3, 0.4) is 0 Å². The average molecular weight is 364 g/mol. The van der Waals surface area contributed by atoms with Crippen LogP contribution in [-0.2, 0) is 9.63 Å². The molecule has 25 heavy (non-hydrogen) atoms. The quantitative estimate of drug-likeness (QED) is 0.893. The molecule has 2 heterocycles. The van der Waals surface area contributed by atoms with E-state index in [-0.39, 0.29) is 11.8 Å². The van der Waals surface area contributed by atoms with E-state index in [4.69, 9.17) is 16.4 Å². The van der Waals surface area contributed by atoms with Gasteiger partial charge in [0.15, 0.2) is 5.60 Å². The number of amides is 2. The van der Waals surface area contributed by atoms with Gasteiger partial charge in [-0.25, -0.2) is 0 Å². The highest BCUT2D eigenvalue weighted by atomic mass is 35.5. The Morgan fingerprint density at radius 3 is 2.76 bits per heavy atom. The first-order valence-electron chi connectivity index (χ1n) is 8.47. The van der Waals surface area contributed by atoms with Gasteiger partial charge in [0.05, 0.1) is 6.54 Å². The molecule has 134 valence electrons. The number of carbonyl (C=O) groups excluding carboxylic acids is 2. The minimum absolute atomic E-state index is 0.0603. The molecule has 1 saturated heterocycles. The summed E-state index contributed by atoms with van der Waals surface area (Å²) in [4.78, 5) is 32.1. The van der Waals surface area contributed by atoms with Crippen LogP contribution in [0.5, 0.6) is 0 Å². The Morgan fingerprint density at radius 1 is 1.36 bits per heavy atom. The summed E-state index contributed by atoms with van der Waals surface area (Å²) in [6.45, 7) is 5.68. The van der Waals surface area contributed by atoms with Gasteiger partial charge in [-0.15, -0.1) is 0 Å². The molecule has 0 unspecified atom stereocenters. The number of oxime groups is 1. The molecule has 2 amide bonds. The molecule has 1 fully saturated rings. The second kappa shape index (κ2) is 7.04. The maximum absolute atomic E-state index is 12.6. The summed E-state index contributed by atoms with van der Waals surface area (Å²) in [5.41, 5.74) is 0.420. The minimum atomic E-state index is -0.577. The fourth-order valence-corrected chi connectivity index (χ4v) is 3.18.